The lowest BCUT2D eigenvalue weighted by Crippen LogP contribution is -1.92. The number of hydrogen-bond donors (Lipinski definition) is 0. The van der Waals surface area contributed by atoms with Gasteiger partial charge in [-0.05, 0) is 51.9 Å². The van der Waals surface area contributed by atoms with E-state index in [1.165, 1.54) is 12.1 Å². The molecule has 2 rings (SSSR count). The Kier molecular flexibility index (Phi) is 5.70. The number of halogens is 1. The first-order chi connectivity index (χ1) is 10.6. The van der Waals surface area contributed by atoms with Gasteiger partial charge in [-0.15, -0.1) is 0 Å². The molecule has 114 valence electrons. The van der Waals surface area contributed by atoms with Crippen LogP contribution < -0.4 is 4.74 Å². The maximum atomic E-state index is 10.7. The number of hydrogen-bond acceptors (Lipinski definition) is 5. The van der Waals surface area contributed by atoms with Gasteiger partial charge in [0.1, 0.15) is 12.4 Å². The number of rotatable bonds is 6. The van der Waals surface area contributed by atoms with Crippen molar-refractivity contribution in [1.82, 2.24) is 0 Å². The van der Waals surface area contributed by atoms with Gasteiger partial charge in [-0.1, -0.05) is 17.3 Å². The fourth-order valence-electron chi connectivity index (χ4n) is 1.73. The van der Waals surface area contributed by atoms with Crippen LogP contribution in [0.25, 0.3) is 0 Å². The molecule has 0 N–H and O–H groups in total. The molecule has 0 radical (unpaired) electrons. The van der Waals surface area contributed by atoms with Crippen molar-refractivity contribution < 1.29 is 14.5 Å². The maximum Gasteiger partial charge on any atom is 0.269 e. The van der Waals surface area contributed by atoms with E-state index in [0.29, 0.717) is 5.56 Å². The summed E-state index contributed by atoms with van der Waals surface area (Å²) in [5.41, 5.74) is 1.61. The molecule has 2 aromatic rings. The van der Waals surface area contributed by atoms with Crippen molar-refractivity contribution >= 4 is 34.5 Å². The summed E-state index contributed by atoms with van der Waals surface area (Å²) in [6.07, 6.45) is 1.58. The minimum absolute atomic E-state index is 0.0368. The third-order valence-corrected chi connectivity index (χ3v) is 3.65. The molecule has 0 saturated carbocycles. The van der Waals surface area contributed by atoms with E-state index < -0.39 is 4.92 Å². The zero-order chi connectivity index (χ0) is 15.9. The van der Waals surface area contributed by atoms with E-state index in [-0.39, 0.29) is 12.3 Å². The quantitative estimate of drug-likeness (QED) is 0.314. The van der Waals surface area contributed by atoms with Gasteiger partial charge in [0.2, 0.25) is 0 Å². The molecule has 0 bridgehead atoms. The van der Waals surface area contributed by atoms with E-state index in [2.05, 4.69) is 27.7 Å². The Labute approximate surface area is 141 Å². The number of nitro groups is 1. The summed E-state index contributed by atoms with van der Waals surface area (Å²) in [5, 5.41) is 14.5. The van der Waals surface area contributed by atoms with Gasteiger partial charge < -0.3 is 9.57 Å². The predicted molar refractivity (Wildman–Crippen MR) is 91.2 cm³/mol. The van der Waals surface area contributed by atoms with Crippen molar-refractivity contribution in [1.29, 1.82) is 0 Å². The second-order valence-corrected chi connectivity index (χ2v) is 5.49. The average Bonchev–Trinajstić information content (AvgIpc) is 2.52. The first-order valence-electron chi connectivity index (χ1n) is 6.32. The van der Waals surface area contributed by atoms with Gasteiger partial charge in [0.25, 0.3) is 5.69 Å². The zero-order valence-electron chi connectivity index (χ0n) is 11.7. The van der Waals surface area contributed by atoms with Crippen LogP contribution in [0.1, 0.15) is 11.1 Å². The molecule has 0 aliphatic heterocycles. The van der Waals surface area contributed by atoms with Crippen molar-refractivity contribution in [3.8, 4) is 5.75 Å². The molecule has 7 heteroatoms. The summed E-state index contributed by atoms with van der Waals surface area (Å²) >= 11 is 2.17. The van der Waals surface area contributed by atoms with Crippen LogP contribution in [0, 0.1) is 13.7 Å². The van der Waals surface area contributed by atoms with Crippen molar-refractivity contribution in [3.63, 3.8) is 0 Å². The smallest absolute Gasteiger partial charge is 0.269 e. The number of ether oxygens (including phenoxy) is 1. The first kappa shape index (κ1) is 16.2. The number of oxime groups is 1. The van der Waals surface area contributed by atoms with E-state index >= 15 is 0 Å². The maximum absolute atomic E-state index is 10.7. The van der Waals surface area contributed by atoms with Gasteiger partial charge >= 0.3 is 0 Å². The SMILES string of the molecule is COc1ccc(/C=N\OCc2cccc([N+](=O)[O-])c2)cc1I. The van der Waals surface area contributed by atoms with Crippen LogP contribution in [0.3, 0.4) is 0 Å². The Balaban J connectivity index is 1.94. The lowest BCUT2D eigenvalue weighted by Gasteiger charge is -2.03. The second-order valence-electron chi connectivity index (χ2n) is 4.33. The molecule has 0 unspecified atom stereocenters. The number of nitro benzene ring substituents is 1. The van der Waals surface area contributed by atoms with Gasteiger partial charge in [0.05, 0.1) is 21.8 Å². The predicted octanol–water partition coefficient (Wildman–Crippen LogP) is 3.76. The van der Waals surface area contributed by atoms with Crippen LogP contribution in [-0.4, -0.2) is 18.2 Å². The Morgan fingerprint density at radius 1 is 1.32 bits per heavy atom. The summed E-state index contributed by atoms with van der Waals surface area (Å²) in [4.78, 5) is 15.4. The molecule has 0 amide bonds. The average molecular weight is 412 g/mol. The Morgan fingerprint density at radius 3 is 2.82 bits per heavy atom. The highest BCUT2D eigenvalue weighted by Crippen LogP contribution is 2.20. The van der Waals surface area contributed by atoms with Crippen LogP contribution in [-0.2, 0) is 11.4 Å². The van der Waals surface area contributed by atoms with E-state index in [4.69, 9.17) is 9.57 Å². The van der Waals surface area contributed by atoms with Gasteiger partial charge in [0.15, 0.2) is 0 Å². The second kappa shape index (κ2) is 7.74. The molecule has 6 nitrogen and oxygen atoms in total. The van der Waals surface area contributed by atoms with Crippen LogP contribution in [0.5, 0.6) is 5.75 Å². The topological polar surface area (TPSA) is 74.0 Å². The van der Waals surface area contributed by atoms with Gasteiger partial charge in [-0.2, -0.15) is 0 Å². The largest absolute Gasteiger partial charge is 0.496 e. The number of nitrogens with zero attached hydrogens (tertiary/aromatic N) is 2. The number of benzene rings is 2. The number of methoxy groups -OCH3 is 1. The molecular formula is C15H13IN2O4. The lowest BCUT2D eigenvalue weighted by atomic mass is 10.2. The van der Waals surface area contributed by atoms with E-state index in [9.17, 15) is 10.1 Å². The van der Waals surface area contributed by atoms with Crippen LogP contribution in [0.15, 0.2) is 47.6 Å². The highest BCUT2D eigenvalue weighted by Gasteiger charge is 2.05. The normalized spacial score (nSPS) is 10.6. The van der Waals surface area contributed by atoms with Crippen molar-refractivity contribution in [2.45, 2.75) is 6.61 Å². The fraction of sp³-hybridized carbons (Fsp3) is 0.133. The highest BCUT2D eigenvalue weighted by atomic mass is 127. The molecule has 22 heavy (non-hydrogen) atoms. The fourth-order valence-corrected chi connectivity index (χ4v) is 2.49. The van der Waals surface area contributed by atoms with Gasteiger partial charge in [-0.3, -0.25) is 10.1 Å². The summed E-state index contributed by atoms with van der Waals surface area (Å²) in [5.74, 6) is 0.801. The lowest BCUT2D eigenvalue weighted by molar-refractivity contribution is -0.384. The van der Waals surface area contributed by atoms with E-state index in [1.54, 1.807) is 25.5 Å². The van der Waals surface area contributed by atoms with E-state index in [1.807, 2.05) is 18.2 Å². The third-order valence-electron chi connectivity index (χ3n) is 2.80. The molecule has 0 heterocycles. The van der Waals surface area contributed by atoms with Crippen LogP contribution in [0.2, 0.25) is 0 Å². The monoisotopic (exact) mass is 412 g/mol. The summed E-state index contributed by atoms with van der Waals surface area (Å²) in [7, 11) is 1.62. The standard InChI is InChI=1S/C15H13IN2O4/c1-21-15-6-5-11(8-14(15)16)9-17-22-10-12-3-2-4-13(7-12)18(19)20/h2-9H,10H2,1H3/b17-9-. The molecular weight excluding hydrogens is 399 g/mol. The van der Waals surface area contributed by atoms with Crippen molar-refractivity contribution in [3.05, 3.63) is 67.3 Å². The molecule has 0 fully saturated rings. The molecule has 0 spiro atoms. The van der Waals surface area contributed by atoms with Gasteiger partial charge in [0, 0.05) is 12.1 Å². The number of non-ortho nitro benzene ring substituents is 1. The minimum atomic E-state index is -0.438. The van der Waals surface area contributed by atoms with Crippen LogP contribution >= 0.6 is 22.6 Å². The molecule has 0 aromatic heterocycles. The Hall–Kier alpha value is -2.16. The van der Waals surface area contributed by atoms with Gasteiger partial charge in [-0.25, -0.2) is 0 Å². The first-order valence-corrected chi connectivity index (χ1v) is 7.40. The van der Waals surface area contributed by atoms with Crippen molar-refractivity contribution in [2.75, 3.05) is 7.11 Å². The zero-order valence-corrected chi connectivity index (χ0v) is 13.9. The minimum Gasteiger partial charge on any atom is -0.496 e. The molecule has 0 aliphatic carbocycles. The summed E-state index contributed by atoms with van der Waals surface area (Å²) < 4.78 is 6.15. The summed E-state index contributed by atoms with van der Waals surface area (Å²) in [6.45, 7) is 0.172. The molecule has 0 aliphatic rings. The molecule has 0 saturated heterocycles. The third kappa shape index (κ3) is 4.42. The molecule has 0 atom stereocenters. The summed E-state index contributed by atoms with van der Waals surface area (Å²) in [6, 6.07) is 11.9. The van der Waals surface area contributed by atoms with Crippen molar-refractivity contribution in [2.24, 2.45) is 5.16 Å². The van der Waals surface area contributed by atoms with Crippen LogP contribution in [0.4, 0.5) is 5.69 Å². The van der Waals surface area contributed by atoms with E-state index in [0.717, 1.165) is 14.9 Å². The Bertz CT molecular complexity index is 704. The Morgan fingerprint density at radius 2 is 2.14 bits per heavy atom. The highest BCUT2D eigenvalue weighted by molar-refractivity contribution is 14.1. The molecule has 2 aromatic carbocycles.